The highest BCUT2D eigenvalue weighted by Gasteiger charge is 2.33. The lowest BCUT2D eigenvalue weighted by Gasteiger charge is -2.13. The first kappa shape index (κ1) is 17.9. The largest absolute Gasteiger partial charge is 0.335 e. The first-order valence-corrected chi connectivity index (χ1v) is 6.82. The molecule has 0 radical (unpaired) electrons. The molecule has 0 N–H and O–H groups in total. The average Bonchev–Trinajstić information content (AvgIpc) is 2.61. The SMILES string of the molecule is CC(C)C(=O)ON1C(=O)CCC1=O.CC(C)C(C)Cl. The molecule has 1 unspecified atom stereocenters. The van der Waals surface area contributed by atoms with E-state index in [0.29, 0.717) is 16.4 Å². The summed E-state index contributed by atoms with van der Waals surface area (Å²) >= 11 is 5.61. The molecular formula is C13H22ClNO4. The Morgan fingerprint density at radius 3 is 1.74 bits per heavy atom. The second-order valence-corrected chi connectivity index (χ2v) is 5.76. The number of hydroxylamine groups is 2. The lowest BCUT2D eigenvalue weighted by atomic mass is 10.2. The Labute approximate surface area is 119 Å². The fourth-order valence-corrected chi connectivity index (χ4v) is 0.853. The van der Waals surface area contributed by atoms with Crippen molar-refractivity contribution < 1.29 is 19.2 Å². The van der Waals surface area contributed by atoms with Gasteiger partial charge < -0.3 is 4.84 Å². The number of amides is 2. The van der Waals surface area contributed by atoms with Gasteiger partial charge in [-0.2, -0.15) is 0 Å². The van der Waals surface area contributed by atoms with Crippen LogP contribution in [0.5, 0.6) is 0 Å². The van der Waals surface area contributed by atoms with E-state index in [-0.39, 0.29) is 18.8 Å². The van der Waals surface area contributed by atoms with Gasteiger partial charge in [0.1, 0.15) is 0 Å². The van der Waals surface area contributed by atoms with Gasteiger partial charge in [0, 0.05) is 18.2 Å². The van der Waals surface area contributed by atoms with Gasteiger partial charge in [-0.15, -0.1) is 16.7 Å². The summed E-state index contributed by atoms with van der Waals surface area (Å²) in [4.78, 5) is 37.6. The van der Waals surface area contributed by atoms with Gasteiger partial charge in [-0.05, 0) is 12.8 Å². The van der Waals surface area contributed by atoms with Gasteiger partial charge in [-0.1, -0.05) is 27.7 Å². The number of nitrogens with zero attached hydrogens (tertiary/aromatic N) is 1. The van der Waals surface area contributed by atoms with E-state index in [1.165, 1.54) is 0 Å². The summed E-state index contributed by atoms with van der Waals surface area (Å²) in [7, 11) is 0. The Morgan fingerprint density at radius 1 is 1.11 bits per heavy atom. The predicted molar refractivity (Wildman–Crippen MR) is 72.2 cm³/mol. The van der Waals surface area contributed by atoms with Gasteiger partial charge in [0.25, 0.3) is 11.8 Å². The van der Waals surface area contributed by atoms with Crippen LogP contribution in [0.25, 0.3) is 0 Å². The van der Waals surface area contributed by atoms with Crippen LogP contribution < -0.4 is 0 Å². The summed E-state index contributed by atoms with van der Waals surface area (Å²) in [5, 5.41) is 0.882. The van der Waals surface area contributed by atoms with Gasteiger partial charge in [0.2, 0.25) is 0 Å². The summed E-state index contributed by atoms with van der Waals surface area (Å²) in [6.45, 7) is 9.49. The second-order valence-electron chi connectivity index (χ2n) is 5.07. The molecule has 1 aliphatic rings. The summed E-state index contributed by atoms with van der Waals surface area (Å²) in [6, 6.07) is 0. The summed E-state index contributed by atoms with van der Waals surface area (Å²) < 4.78 is 0. The predicted octanol–water partition coefficient (Wildman–Crippen LogP) is 2.52. The summed E-state index contributed by atoms with van der Waals surface area (Å²) in [6.07, 6.45) is 0.258. The molecule has 0 aromatic rings. The number of hydrogen-bond donors (Lipinski definition) is 0. The van der Waals surface area contributed by atoms with E-state index in [4.69, 9.17) is 11.6 Å². The minimum Gasteiger partial charge on any atom is -0.330 e. The molecule has 1 saturated heterocycles. The molecule has 0 bridgehead atoms. The highest BCUT2D eigenvalue weighted by Crippen LogP contribution is 2.13. The Bertz CT molecular complexity index is 318. The first-order chi connectivity index (χ1) is 8.66. The first-order valence-electron chi connectivity index (χ1n) is 6.38. The average molecular weight is 292 g/mol. The van der Waals surface area contributed by atoms with Crippen LogP contribution in [0.1, 0.15) is 47.5 Å². The van der Waals surface area contributed by atoms with E-state index in [9.17, 15) is 14.4 Å². The molecule has 0 aromatic carbocycles. The van der Waals surface area contributed by atoms with E-state index < -0.39 is 17.8 Å². The molecule has 5 nitrogen and oxygen atoms in total. The number of imide groups is 1. The molecule has 1 heterocycles. The molecule has 6 heteroatoms. The van der Waals surface area contributed by atoms with Gasteiger partial charge in [-0.25, -0.2) is 4.79 Å². The highest BCUT2D eigenvalue weighted by molar-refractivity contribution is 6.20. The third kappa shape index (κ3) is 6.57. The van der Waals surface area contributed by atoms with Gasteiger partial charge in [-0.3, -0.25) is 9.59 Å². The van der Waals surface area contributed by atoms with Crippen molar-refractivity contribution in [3.8, 4) is 0 Å². The van der Waals surface area contributed by atoms with Crippen LogP contribution in [0.15, 0.2) is 0 Å². The minimum atomic E-state index is -0.566. The molecule has 0 aliphatic carbocycles. The number of carbonyl (C=O) groups excluding carboxylic acids is 3. The zero-order chi connectivity index (χ0) is 15.2. The molecule has 0 aromatic heterocycles. The van der Waals surface area contributed by atoms with E-state index in [0.717, 1.165) is 0 Å². The van der Waals surface area contributed by atoms with E-state index in [1.54, 1.807) is 13.8 Å². The number of hydrogen-bond acceptors (Lipinski definition) is 4. The lowest BCUT2D eigenvalue weighted by Crippen LogP contribution is -2.33. The Hall–Kier alpha value is -1.10. The fourth-order valence-electron chi connectivity index (χ4n) is 0.853. The third-order valence-corrected chi connectivity index (χ3v) is 3.08. The molecule has 110 valence electrons. The molecule has 1 rings (SSSR count). The molecule has 1 atom stereocenters. The second kappa shape index (κ2) is 8.15. The number of halogens is 1. The maximum Gasteiger partial charge on any atom is 0.335 e. The summed E-state index contributed by atoms with van der Waals surface area (Å²) in [5.74, 6) is -1.19. The van der Waals surface area contributed by atoms with Gasteiger partial charge in [0.05, 0.1) is 5.92 Å². The van der Waals surface area contributed by atoms with Crippen LogP contribution in [0.4, 0.5) is 0 Å². The molecule has 19 heavy (non-hydrogen) atoms. The van der Waals surface area contributed by atoms with Crippen molar-refractivity contribution in [3.63, 3.8) is 0 Å². The zero-order valence-electron chi connectivity index (χ0n) is 12.1. The number of carbonyl (C=O) groups is 3. The van der Waals surface area contributed by atoms with Crippen LogP contribution in [-0.2, 0) is 19.2 Å². The van der Waals surface area contributed by atoms with Crippen LogP contribution in [0.3, 0.4) is 0 Å². The minimum absolute atomic E-state index is 0.129. The maximum atomic E-state index is 11.0. The van der Waals surface area contributed by atoms with Crippen molar-refractivity contribution in [3.05, 3.63) is 0 Å². The molecule has 1 aliphatic heterocycles. The smallest absolute Gasteiger partial charge is 0.330 e. The van der Waals surface area contributed by atoms with Crippen LogP contribution >= 0.6 is 11.6 Å². The lowest BCUT2D eigenvalue weighted by molar-refractivity contribution is -0.199. The normalized spacial score (nSPS) is 16.5. The Kier molecular flexibility index (Phi) is 7.68. The number of alkyl halides is 1. The fraction of sp³-hybridized carbons (Fsp3) is 0.769. The van der Waals surface area contributed by atoms with Gasteiger partial charge in [0.15, 0.2) is 0 Å². The zero-order valence-corrected chi connectivity index (χ0v) is 12.9. The summed E-state index contributed by atoms with van der Waals surface area (Å²) in [5.41, 5.74) is 0. The highest BCUT2D eigenvalue weighted by atomic mass is 35.5. The van der Waals surface area contributed by atoms with E-state index in [2.05, 4.69) is 18.7 Å². The topological polar surface area (TPSA) is 63.7 Å². The number of rotatable bonds is 3. The standard InChI is InChI=1S/C8H11NO4.C5H11Cl/c1-5(2)8(12)13-9-6(10)3-4-7(9)11;1-4(2)5(3)6/h5H,3-4H2,1-2H3;4-5H,1-3H3. The van der Waals surface area contributed by atoms with Crippen molar-refractivity contribution in [2.75, 3.05) is 0 Å². The van der Waals surface area contributed by atoms with Crippen molar-refractivity contribution in [1.82, 2.24) is 5.06 Å². The van der Waals surface area contributed by atoms with Crippen LogP contribution in [0, 0.1) is 11.8 Å². The third-order valence-electron chi connectivity index (χ3n) is 2.58. The Morgan fingerprint density at radius 2 is 1.47 bits per heavy atom. The van der Waals surface area contributed by atoms with E-state index >= 15 is 0 Å². The molecule has 0 saturated carbocycles. The van der Waals surface area contributed by atoms with Crippen LogP contribution in [-0.4, -0.2) is 28.2 Å². The van der Waals surface area contributed by atoms with Crippen molar-refractivity contribution in [1.29, 1.82) is 0 Å². The Balaban J connectivity index is 0.000000459. The quantitative estimate of drug-likeness (QED) is 0.592. The monoisotopic (exact) mass is 291 g/mol. The van der Waals surface area contributed by atoms with Crippen molar-refractivity contribution in [2.24, 2.45) is 11.8 Å². The van der Waals surface area contributed by atoms with Crippen LogP contribution in [0.2, 0.25) is 0 Å². The molecule has 0 spiro atoms. The maximum absolute atomic E-state index is 11.0. The van der Waals surface area contributed by atoms with Crippen molar-refractivity contribution in [2.45, 2.75) is 52.8 Å². The molecule has 1 fully saturated rings. The molecular weight excluding hydrogens is 270 g/mol. The van der Waals surface area contributed by atoms with Gasteiger partial charge >= 0.3 is 5.97 Å². The van der Waals surface area contributed by atoms with E-state index in [1.807, 2.05) is 6.92 Å². The molecule has 2 amide bonds. The van der Waals surface area contributed by atoms with Crippen molar-refractivity contribution >= 4 is 29.4 Å².